The number of rotatable bonds is 5. The first-order valence-corrected chi connectivity index (χ1v) is 9.63. The molecule has 3 aromatic rings. The molecule has 30 heavy (non-hydrogen) atoms. The van der Waals surface area contributed by atoms with Gasteiger partial charge in [0.05, 0.1) is 17.7 Å². The van der Waals surface area contributed by atoms with Gasteiger partial charge >= 0.3 is 5.97 Å². The highest BCUT2D eigenvalue weighted by atomic mass is 16.5. The fourth-order valence-electron chi connectivity index (χ4n) is 3.15. The topological polar surface area (TPSA) is 61.8 Å². The Balaban J connectivity index is 1.51. The zero-order valence-electron chi connectivity index (χ0n) is 16.7. The Morgan fingerprint density at radius 2 is 1.77 bits per heavy atom. The number of ketones is 1. The number of Topliss-reactive ketones (excluding diaryl/α,β-unsaturated/α-hetero) is 1. The van der Waals surface area contributed by atoms with Gasteiger partial charge in [0.2, 0.25) is 5.78 Å². The number of aryl methyl sites for hydroxylation is 1. The van der Waals surface area contributed by atoms with Crippen LogP contribution in [-0.4, -0.2) is 18.4 Å². The van der Waals surface area contributed by atoms with Crippen molar-refractivity contribution >= 4 is 17.8 Å². The fourth-order valence-corrected chi connectivity index (χ4v) is 3.15. The van der Waals surface area contributed by atoms with E-state index < -0.39 is 5.97 Å². The van der Waals surface area contributed by atoms with Crippen LogP contribution in [0.15, 0.2) is 72.5 Å². The highest BCUT2D eigenvalue weighted by molar-refractivity contribution is 6.14. The molecule has 0 saturated heterocycles. The Bertz CT molecular complexity index is 1140. The van der Waals surface area contributed by atoms with Gasteiger partial charge in [-0.3, -0.25) is 4.79 Å². The number of ether oxygens (including phenoxy) is 3. The minimum Gasteiger partial charge on any atom is -0.494 e. The first kappa shape index (κ1) is 19.5. The maximum absolute atomic E-state index is 12.6. The van der Waals surface area contributed by atoms with Crippen molar-refractivity contribution in [2.75, 3.05) is 6.61 Å². The SMILES string of the molecule is CCOc1ccc(/C=C2\Oc3cc(OC(=O)c4cccc(C)c4)ccc3C2=O)cc1. The van der Waals surface area contributed by atoms with E-state index in [0.717, 1.165) is 16.9 Å². The summed E-state index contributed by atoms with van der Waals surface area (Å²) in [5.41, 5.74) is 2.68. The second kappa shape index (κ2) is 8.25. The van der Waals surface area contributed by atoms with Gasteiger partial charge in [0.15, 0.2) is 5.76 Å². The van der Waals surface area contributed by atoms with Crippen molar-refractivity contribution in [2.45, 2.75) is 13.8 Å². The lowest BCUT2D eigenvalue weighted by Gasteiger charge is -2.06. The van der Waals surface area contributed by atoms with E-state index in [4.69, 9.17) is 14.2 Å². The molecule has 0 aromatic heterocycles. The van der Waals surface area contributed by atoms with E-state index in [0.29, 0.717) is 29.2 Å². The van der Waals surface area contributed by atoms with Crippen LogP contribution in [-0.2, 0) is 0 Å². The van der Waals surface area contributed by atoms with Gasteiger partial charge in [-0.1, -0.05) is 29.8 Å². The molecule has 5 heteroatoms. The number of hydrogen-bond donors (Lipinski definition) is 0. The summed E-state index contributed by atoms with van der Waals surface area (Å²) in [5.74, 6) is 0.990. The second-order valence-corrected chi connectivity index (χ2v) is 6.86. The van der Waals surface area contributed by atoms with Crippen LogP contribution in [0.1, 0.15) is 38.8 Å². The zero-order chi connectivity index (χ0) is 21.1. The van der Waals surface area contributed by atoms with Crippen LogP contribution in [0, 0.1) is 6.92 Å². The van der Waals surface area contributed by atoms with Crippen molar-refractivity contribution in [3.05, 3.63) is 94.7 Å². The smallest absolute Gasteiger partial charge is 0.343 e. The van der Waals surface area contributed by atoms with Gasteiger partial charge in [-0.05, 0) is 61.9 Å². The molecule has 0 aliphatic carbocycles. The van der Waals surface area contributed by atoms with E-state index in [-0.39, 0.29) is 11.5 Å². The maximum atomic E-state index is 12.6. The first-order valence-electron chi connectivity index (χ1n) is 9.63. The third-order valence-corrected chi connectivity index (χ3v) is 4.59. The molecule has 0 spiro atoms. The molecule has 1 heterocycles. The highest BCUT2D eigenvalue weighted by Gasteiger charge is 2.28. The molecule has 150 valence electrons. The van der Waals surface area contributed by atoms with Gasteiger partial charge in [-0.25, -0.2) is 4.79 Å². The molecule has 3 aromatic carbocycles. The van der Waals surface area contributed by atoms with Crippen molar-refractivity contribution in [1.82, 2.24) is 0 Å². The van der Waals surface area contributed by atoms with Gasteiger partial charge in [0, 0.05) is 6.07 Å². The molecule has 0 bridgehead atoms. The summed E-state index contributed by atoms with van der Waals surface area (Å²) in [7, 11) is 0. The van der Waals surface area contributed by atoms with E-state index >= 15 is 0 Å². The van der Waals surface area contributed by atoms with Gasteiger partial charge < -0.3 is 14.2 Å². The lowest BCUT2D eigenvalue weighted by Crippen LogP contribution is -2.08. The number of hydrogen-bond acceptors (Lipinski definition) is 5. The summed E-state index contributed by atoms with van der Waals surface area (Å²) in [4.78, 5) is 25.0. The molecule has 0 unspecified atom stereocenters. The summed E-state index contributed by atoms with van der Waals surface area (Å²) in [5, 5.41) is 0. The van der Waals surface area contributed by atoms with Gasteiger partial charge in [0.1, 0.15) is 17.2 Å². The summed E-state index contributed by atoms with van der Waals surface area (Å²) >= 11 is 0. The number of fused-ring (bicyclic) bond motifs is 1. The number of allylic oxidation sites excluding steroid dienone is 1. The number of carbonyl (C=O) groups excluding carboxylic acids is 2. The van der Waals surface area contributed by atoms with Crippen molar-refractivity contribution < 1.29 is 23.8 Å². The lowest BCUT2D eigenvalue weighted by atomic mass is 10.1. The van der Waals surface area contributed by atoms with Crippen molar-refractivity contribution in [2.24, 2.45) is 0 Å². The number of esters is 1. The third kappa shape index (κ3) is 4.10. The molecular weight excluding hydrogens is 380 g/mol. The molecule has 0 amide bonds. The van der Waals surface area contributed by atoms with Crippen LogP contribution in [0.5, 0.6) is 17.2 Å². The molecule has 5 nitrogen and oxygen atoms in total. The quantitative estimate of drug-likeness (QED) is 0.333. The number of benzene rings is 3. The normalized spacial score (nSPS) is 13.7. The van der Waals surface area contributed by atoms with Crippen LogP contribution in [0.2, 0.25) is 0 Å². The average Bonchev–Trinajstić information content (AvgIpc) is 3.04. The maximum Gasteiger partial charge on any atom is 0.343 e. The summed E-state index contributed by atoms with van der Waals surface area (Å²) < 4.78 is 16.6. The van der Waals surface area contributed by atoms with Crippen LogP contribution in [0.25, 0.3) is 6.08 Å². The molecular formula is C25H20O5. The minimum atomic E-state index is -0.465. The third-order valence-electron chi connectivity index (χ3n) is 4.59. The predicted octanol–water partition coefficient (Wildman–Crippen LogP) is 5.23. The van der Waals surface area contributed by atoms with Gasteiger partial charge in [-0.15, -0.1) is 0 Å². The Morgan fingerprint density at radius 3 is 2.50 bits per heavy atom. The standard InChI is InChI=1S/C25H20O5/c1-3-28-19-9-7-17(8-10-19)14-23-24(26)21-12-11-20(15-22(21)30-23)29-25(27)18-6-4-5-16(2)13-18/h4-15H,3H2,1-2H3/b23-14-. The van der Waals surface area contributed by atoms with E-state index in [1.54, 1.807) is 42.5 Å². The van der Waals surface area contributed by atoms with E-state index in [2.05, 4.69) is 0 Å². The predicted molar refractivity (Wildman–Crippen MR) is 113 cm³/mol. The van der Waals surface area contributed by atoms with Crippen molar-refractivity contribution in [3.63, 3.8) is 0 Å². The molecule has 0 saturated carbocycles. The average molecular weight is 400 g/mol. The highest BCUT2D eigenvalue weighted by Crippen LogP contribution is 2.35. The monoisotopic (exact) mass is 400 g/mol. The second-order valence-electron chi connectivity index (χ2n) is 6.86. The Labute approximate surface area is 174 Å². The Morgan fingerprint density at radius 1 is 1.00 bits per heavy atom. The molecule has 1 aliphatic heterocycles. The van der Waals surface area contributed by atoms with Crippen LogP contribution in [0.4, 0.5) is 0 Å². The largest absolute Gasteiger partial charge is 0.494 e. The molecule has 0 fully saturated rings. The summed E-state index contributed by atoms with van der Waals surface area (Å²) in [6.45, 7) is 4.42. The van der Waals surface area contributed by atoms with E-state index in [9.17, 15) is 9.59 Å². The molecule has 1 aliphatic rings. The van der Waals surface area contributed by atoms with Crippen LogP contribution in [0.3, 0.4) is 0 Å². The first-order chi connectivity index (χ1) is 14.5. The van der Waals surface area contributed by atoms with E-state index in [1.165, 1.54) is 0 Å². The molecule has 4 rings (SSSR count). The van der Waals surface area contributed by atoms with Crippen LogP contribution >= 0.6 is 0 Å². The Kier molecular flexibility index (Phi) is 5.35. The van der Waals surface area contributed by atoms with Crippen molar-refractivity contribution in [1.29, 1.82) is 0 Å². The van der Waals surface area contributed by atoms with Crippen LogP contribution < -0.4 is 14.2 Å². The fraction of sp³-hybridized carbons (Fsp3) is 0.120. The molecule has 0 atom stereocenters. The molecule has 0 radical (unpaired) electrons. The number of carbonyl (C=O) groups is 2. The van der Waals surface area contributed by atoms with Crippen molar-refractivity contribution in [3.8, 4) is 17.2 Å². The minimum absolute atomic E-state index is 0.213. The summed E-state index contributed by atoms with van der Waals surface area (Å²) in [6, 6.07) is 19.3. The molecule has 0 N–H and O–H groups in total. The zero-order valence-corrected chi connectivity index (χ0v) is 16.7. The van der Waals surface area contributed by atoms with E-state index in [1.807, 2.05) is 44.2 Å². The lowest BCUT2D eigenvalue weighted by molar-refractivity contribution is 0.0734. The summed E-state index contributed by atoms with van der Waals surface area (Å²) in [6.07, 6.45) is 1.68. The van der Waals surface area contributed by atoms with Gasteiger partial charge in [0.25, 0.3) is 0 Å². The Hall–Kier alpha value is -3.86. The van der Waals surface area contributed by atoms with Gasteiger partial charge in [-0.2, -0.15) is 0 Å².